The standard InChI is InChI=1S/C23H23N3O5/c1-4-31-23(28)19-20(25-24-15-8-6-5-7-9-15)22(27)26-11-10-14-12-17(29-2)18(30-3)13-16(14)21(19)26/h5-9,12-13,27H,4,10-11H2,1-3H3. The fourth-order valence-corrected chi connectivity index (χ4v) is 3.76. The number of nitrogens with zero attached hydrogens (tertiary/aromatic N) is 3. The van der Waals surface area contributed by atoms with E-state index in [2.05, 4.69) is 10.2 Å². The van der Waals surface area contributed by atoms with Crippen molar-refractivity contribution in [2.45, 2.75) is 19.9 Å². The van der Waals surface area contributed by atoms with Gasteiger partial charge < -0.3 is 23.9 Å². The van der Waals surface area contributed by atoms with E-state index < -0.39 is 5.97 Å². The smallest absolute Gasteiger partial charge is 0.342 e. The Morgan fingerprint density at radius 3 is 2.48 bits per heavy atom. The topological polar surface area (TPSA) is 94.6 Å². The Morgan fingerprint density at radius 2 is 1.81 bits per heavy atom. The van der Waals surface area contributed by atoms with Gasteiger partial charge in [-0.15, -0.1) is 5.11 Å². The van der Waals surface area contributed by atoms with Crippen LogP contribution in [-0.2, 0) is 17.7 Å². The zero-order chi connectivity index (χ0) is 22.0. The lowest BCUT2D eigenvalue weighted by atomic mass is 9.95. The number of methoxy groups -OCH3 is 2. The molecular weight excluding hydrogens is 398 g/mol. The number of hydrogen-bond donors (Lipinski definition) is 1. The molecule has 0 spiro atoms. The summed E-state index contributed by atoms with van der Waals surface area (Å²) < 4.78 is 17.8. The summed E-state index contributed by atoms with van der Waals surface area (Å²) >= 11 is 0. The zero-order valence-electron chi connectivity index (χ0n) is 17.6. The number of aryl methyl sites for hydroxylation is 1. The van der Waals surface area contributed by atoms with Crippen LogP contribution in [0.5, 0.6) is 17.4 Å². The lowest BCUT2D eigenvalue weighted by Gasteiger charge is -2.22. The number of hydrogen-bond acceptors (Lipinski definition) is 7. The molecule has 1 aromatic heterocycles. The summed E-state index contributed by atoms with van der Waals surface area (Å²) in [7, 11) is 3.13. The number of esters is 1. The summed E-state index contributed by atoms with van der Waals surface area (Å²) in [4.78, 5) is 12.9. The maximum absolute atomic E-state index is 12.9. The molecule has 2 aromatic carbocycles. The highest BCUT2D eigenvalue weighted by molar-refractivity contribution is 6.04. The van der Waals surface area contributed by atoms with Crippen molar-refractivity contribution in [1.29, 1.82) is 0 Å². The molecule has 4 rings (SSSR count). The first-order valence-electron chi connectivity index (χ1n) is 9.93. The quantitative estimate of drug-likeness (QED) is 0.445. The molecular formula is C23H23N3O5. The molecule has 0 fully saturated rings. The van der Waals surface area contributed by atoms with Crippen LogP contribution in [0.4, 0.5) is 11.4 Å². The van der Waals surface area contributed by atoms with Gasteiger partial charge in [0.1, 0.15) is 5.56 Å². The second-order valence-electron chi connectivity index (χ2n) is 6.92. The molecule has 0 bridgehead atoms. The SMILES string of the molecule is CCOC(=O)c1c(N=Nc2ccccc2)c(O)n2c1-c1cc(OC)c(OC)cc1CC2. The van der Waals surface area contributed by atoms with Crippen LogP contribution in [0.25, 0.3) is 11.3 Å². The van der Waals surface area contributed by atoms with E-state index in [1.165, 1.54) is 0 Å². The molecule has 3 aromatic rings. The van der Waals surface area contributed by atoms with Gasteiger partial charge in [-0.25, -0.2) is 4.79 Å². The van der Waals surface area contributed by atoms with Gasteiger partial charge in [-0.2, -0.15) is 5.11 Å². The molecule has 0 saturated carbocycles. The summed E-state index contributed by atoms with van der Waals surface area (Å²) in [6.45, 7) is 2.39. The third kappa shape index (κ3) is 3.61. The predicted octanol–water partition coefficient (Wildman–Crippen LogP) is 5.03. The summed E-state index contributed by atoms with van der Waals surface area (Å²) in [6.07, 6.45) is 0.641. The van der Waals surface area contributed by atoms with Crippen molar-refractivity contribution in [1.82, 2.24) is 4.57 Å². The molecule has 1 aliphatic heterocycles. The van der Waals surface area contributed by atoms with Gasteiger partial charge in [0.2, 0.25) is 5.88 Å². The van der Waals surface area contributed by atoms with E-state index in [4.69, 9.17) is 14.2 Å². The van der Waals surface area contributed by atoms with Gasteiger partial charge in [-0.05, 0) is 43.2 Å². The predicted molar refractivity (Wildman–Crippen MR) is 115 cm³/mol. The number of azo groups is 1. The van der Waals surface area contributed by atoms with E-state index in [-0.39, 0.29) is 23.7 Å². The molecule has 0 radical (unpaired) electrons. The number of rotatable bonds is 6. The number of ether oxygens (including phenoxy) is 3. The molecule has 0 saturated heterocycles. The van der Waals surface area contributed by atoms with Gasteiger partial charge in [0.15, 0.2) is 17.2 Å². The molecule has 2 heterocycles. The maximum atomic E-state index is 12.9. The number of carbonyl (C=O) groups excluding carboxylic acids is 1. The molecule has 160 valence electrons. The Kier molecular flexibility index (Phi) is 5.62. The largest absolute Gasteiger partial charge is 0.493 e. The molecule has 8 heteroatoms. The van der Waals surface area contributed by atoms with E-state index in [1.54, 1.807) is 43.9 Å². The normalized spacial score (nSPS) is 12.4. The Balaban J connectivity index is 1.93. The van der Waals surface area contributed by atoms with Crippen molar-refractivity contribution >= 4 is 17.3 Å². The minimum atomic E-state index is -0.573. The van der Waals surface area contributed by atoms with Crippen molar-refractivity contribution in [3.8, 4) is 28.6 Å². The highest BCUT2D eigenvalue weighted by Crippen LogP contribution is 2.48. The monoisotopic (exact) mass is 421 g/mol. The fraction of sp³-hybridized carbons (Fsp3) is 0.261. The third-order valence-electron chi connectivity index (χ3n) is 5.18. The summed E-state index contributed by atoms with van der Waals surface area (Å²) in [6, 6.07) is 12.8. The fourth-order valence-electron chi connectivity index (χ4n) is 3.76. The first-order chi connectivity index (χ1) is 15.1. The van der Waals surface area contributed by atoms with Gasteiger partial charge in [0, 0.05) is 12.1 Å². The first-order valence-corrected chi connectivity index (χ1v) is 9.93. The highest BCUT2D eigenvalue weighted by Gasteiger charge is 2.33. The second-order valence-corrected chi connectivity index (χ2v) is 6.92. The van der Waals surface area contributed by atoms with Crippen molar-refractivity contribution in [3.05, 3.63) is 53.6 Å². The number of carbonyl (C=O) groups is 1. The Bertz CT molecular complexity index is 1150. The number of aromatic nitrogens is 1. The summed E-state index contributed by atoms with van der Waals surface area (Å²) in [5.74, 6) is 0.430. The lowest BCUT2D eigenvalue weighted by molar-refractivity contribution is 0.0528. The van der Waals surface area contributed by atoms with Gasteiger partial charge in [-0.3, -0.25) is 0 Å². The Hall–Kier alpha value is -3.81. The van der Waals surface area contributed by atoms with E-state index in [9.17, 15) is 9.90 Å². The van der Waals surface area contributed by atoms with E-state index in [0.717, 1.165) is 11.1 Å². The minimum Gasteiger partial charge on any atom is -0.493 e. The van der Waals surface area contributed by atoms with Crippen LogP contribution in [0.3, 0.4) is 0 Å². The molecule has 8 nitrogen and oxygen atoms in total. The van der Waals surface area contributed by atoms with Crippen LogP contribution in [0.1, 0.15) is 22.8 Å². The molecule has 31 heavy (non-hydrogen) atoms. The van der Waals surface area contributed by atoms with Crippen LogP contribution >= 0.6 is 0 Å². The van der Waals surface area contributed by atoms with Crippen molar-refractivity contribution < 1.29 is 24.1 Å². The second kappa shape index (κ2) is 8.51. The molecule has 0 aliphatic carbocycles. The minimum absolute atomic E-state index is 0.0833. The van der Waals surface area contributed by atoms with Gasteiger partial charge in [0.25, 0.3) is 0 Å². The molecule has 0 unspecified atom stereocenters. The highest BCUT2D eigenvalue weighted by atomic mass is 16.5. The molecule has 0 atom stereocenters. The maximum Gasteiger partial charge on any atom is 0.342 e. The number of fused-ring (bicyclic) bond motifs is 3. The Labute approximate surface area is 179 Å². The zero-order valence-corrected chi connectivity index (χ0v) is 17.6. The number of aromatic hydroxyl groups is 1. The Morgan fingerprint density at radius 1 is 1.10 bits per heavy atom. The molecule has 1 aliphatic rings. The summed E-state index contributed by atoms with van der Waals surface area (Å²) in [5, 5.41) is 19.4. The third-order valence-corrected chi connectivity index (χ3v) is 5.18. The van der Waals surface area contributed by atoms with Gasteiger partial charge in [0.05, 0.1) is 32.2 Å². The van der Waals surface area contributed by atoms with Crippen LogP contribution in [0.2, 0.25) is 0 Å². The van der Waals surface area contributed by atoms with Crippen LogP contribution in [0.15, 0.2) is 52.7 Å². The van der Waals surface area contributed by atoms with E-state index >= 15 is 0 Å². The van der Waals surface area contributed by atoms with Gasteiger partial charge in [-0.1, -0.05) is 18.2 Å². The van der Waals surface area contributed by atoms with Crippen molar-refractivity contribution in [3.63, 3.8) is 0 Å². The van der Waals surface area contributed by atoms with E-state index in [1.807, 2.05) is 24.3 Å². The number of benzene rings is 2. The average molecular weight is 421 g/mol. The molecule has 0 amide bonds. The lowest BCUT2D eigenvalue weighted by Crippen LogP contribution is -2.14. The van der Waals surface area contributed by atoms with Crippen LogP contribution in [-0.4, -0.2) is 36.5 Å². The average Bonchev–Trinajstić information content (AvgIpc) is 3.09. The van der Waals surface area contributed by atoms with Crippen LogP contribution in [0, 0.1) is 0 Å². The first kappa shape index (κ1) is 20.5. The van der Waals surface area contributed by atoms with Gasteiger partial charge >= 0.3 is 5.97 Å². The van der Waals surface area contributed by atoms with E-state index in [0.29, 0.717) is 35.8 Å². The van der Waals surface area contributed by atoms with Crippen LogP contribution < -0.4 is 9.47 Å². The summed E-state index contributed by atoms with van der Waals surface area (Å²) in [5.41, 5.74) is 3.11. The van der Waals surface area contributed by atoms with Crippen molar-refractivity contribution in [2.24, 2.45) is 10.2 Å². The molecule has 1 N–H and O–H groups in total. The van der Waals surface area contributed by atoms with Crippen molar-refractivity contribution in [2.75, 3.05) is 20.8 Å².